The number of nitrogens with two attached hydrogens (primary N) is 1. The summed E-state index contributed by atoms with van der Waals surface area (Å²) in [5.41, 5.74) is 5.38. The third kappa shape index (κ3) is 6.15. The Bertz CT molecular complexity index is 61.0. The minimum atomic E-state index is 0.525. The lowest BCUT2D eigenvalue weighted by Crippen LogP contribution is -2.13. The molecule has 56 valence electrons. The van der Waals surface area contributed by atoms with Gasteiger partial charge in [0, 0.05) is 18.4 Å². The number of hydrogen-bond acceptors (Lipinski definition) is 3. The standard InChI is InChI=1S/C6H15NOS/c1-3-8-5-9-6(2)4-7/h6H,3-5,7H2,1-2H3. The Balaban J connectivity index is 2.88. The average Bonchev–Trinajstić information content (AvgIpc) is 1.89. The largest absolute Gasteiger partial charge is 0.371 e. The molecule has 1 atom stereocenters. The Morgan fingerprint density at radius 1 is 1.67 bits per heavy atom. The van der Waals surface area contributed by atoms with Gasteiger partial charge in [0.2, 0.25) is 0 Å². The van der Waals surface area contributed by atoms with E-state index in [-0.39, 0.29) is 0 Å². The SMILES string of the molecule is CCOCSC(C)CN. The van der Waals surface area contributed by atoms with E-state index in [0.717, 1.165) is 19.1 Å². The molecule has 0 saturated heterocycles. The van der Waals surface area contributed by atoms with Crippen molar-refractivity contribution in [3.63, 3.8) is 0 Å². The maximum atomic E-state index is 5.38. The van der Waals surface area contributed by atoms with Crippen LogP contribution >= 0.6 is 11.8 Å². The van der Waals surface area contributed by atoms with E-state index in [9.17, 15) is 0 Å². The van der Waals surface area contributed by atoms with Gasteiger partial charge in [0.1, 0.15) is 0 Å². The molecule has 2 N–H and O–H groups in total. The molecular weight excluding hydrogens is 134 g/mol. The zero-order chi connectivity index (χ0) is 7.11. The predicted octanol–water partition coefficient (Wildman–Crippen LogP) is 1.06. The molecule has 0 aliphatic carbocycles. The van der Waals surface area contributed by atoms with Crippen LogP contribution in [0.1, 0.15) is 13.8 Å². The molecule has 2 nitrogen and oxygen atoms in total. The quantitative estimate of drug-likeness (QED) is 0.469. The molecule has 0 aromatic heterocycles. The Labute approximate surface area is 61.1 Å². The first kappa shape index (κ1) is 9.27. The first-order valence-corrected chi connectivity index (χ1v) is 4.25. The minimum Gasteiger partial charge on any atom is -0.371 e. The maximum Gasteiger partial charge on any atom is 0.0923 e. The first-order chi connectivity index (χ1) is 4.31. The molecule has 0 amide bonds. The fourth-order valence-corrected chi connectivity index (χ4v) is 0.947. The third-order valence-corrected chi connectivity index (χ3v) is 2.04. The van der Waals surface area contributed by atoms with Gasteiger partial charge in [0.05, 0.1) is 5.94 Å². The molecule has 0 heterocycles. The number of thioether (sulfide) groups is 1. The van der Waals surface area contributed by atoms with E-state index in [0.29, 0.717) is 5.25 Å². The van der Waals surface area contributed by atoms with E-state index < -0.39 is 0 Å². The molecule has 0 aliphatic rings. The molecule has 3 heteroatoms. The summed E-state index contributed by atoms with van der Waals surface area (Å²) in [5, 5.41) is 0.525. The van der Waals surface area contributed by atoms with Gasteiger partial charge in [-0.2, -0.15) is 0 Å². The normalized spacial score (nSPS) is 13.7. The van der Waals surface area contributed by atoms with Crippen molar-refractivity contribution < 1.29 is 4.74 Å². The summed E-state index contributed by atoms with van der Waals surface area (Å²) in [5.74, 6) is 0.773. The minimum absolute atomic E-state index is 0.525. The summed E-state index contributed by atoms with van der Waals surface area (Å²) in [6, 6.07) is 0. The van der Waals surface area contributed by atoms with E-state index in [1.165, 1.54) is 0 Å². The third-order valence-electron chi connectivity index (χ3n) is 0.972. The molecule has 0 saturated carbocycles. The van der Waals surface area contributed by atoms with Crippen LogP contribution in [0.4, 0.5) is 0 Å². The lowest BCUT2D eigenvalue weighted by molar-refractivity contribution is 0.199. The van der Waals surface area contributed by atoms with Gasteiger partial charge in [-0.1, -0.05) is 6.92 Å². The van der Waals surface area contributed by atoms with Gasteiger partial charge in [-0.15, -0.1) is 11.8 Å². The van der Waals surface area contributed by atoms with Gasteiger partial charge in [0.25, 0.3) is 0 Å². The molecule has 0 aromatic rings. The number of hydrogen-bond donors (Lipinski definition) is 1. The highest BCUT2D eigenvalue weighted by Crippen LogP contribution is 2.07. The van der Waals surface area contributed by atoms with Crippen molar-refractivity contribution in [3.05, 3.63) is 0 Å². The van der Waals surface area contributed by atoms with Crippen LogP contribution < -0.4 is 5.73 Å². The number of rotatable bonds is 5. The van der Waals surface area contributed by atoms with Gasteiger partial charge in [-0.05, 0) is 6.92 Å². The van der Waals surface area contributed by atoms with Gasteiger partial charge >= 0.3 is 0 Å². The summed E-state index contributed by atoms with van der Waals surface area (Å²) in [6.45, 7) is 5.62. The second-order valence-electron chi connectivity index (χ2n) is 1.82. The lowest BCUT2D eigenvalue weighted by Gasteiger charge is -2.06. The molecule has 9 heavy (non-hydrogen) atoms. The highest BCUT2D eigenvalue weighted by Gasteiger charge is 1.96. The molecule has 0 rings (SSSR count). The molecule has 0 fully saturated rings. The number of ether oxygens (including phenoxy) is 1. The Morgan fingerprint density at radius 2 is 2.33 bits per heavy atom. The zero-order valence-electron chi connectivity index (χ0n) is 6.09. The first-order valence-electron chi connectivity index (χ1n) is 3.20. The van der Waals surface area contributed by atoms with Crippen molar-refractivity contribution in [2.45, 2.75) is 19.1 Å². The van der Waals surface area contributed by atoms with E-state index in [2.05, 4.69) is 6.92 Å². The van der Waals surface area contributed by atoms with E-state index in [4.69, 9.17) is 10.5 Å². The highest BCUT2D eigenvalue weighted by molar-refractivity contribution is 7.99. The van der Waals surface area contributed by atoms with Crippen LogP contribution in [0.2, 0.25) is 0 Å². The van der Waals surface area contributed by atoms with Crippen LogP contribution in [0.15, 0.2) is 0 Å². The highest BCUT2D eigenvalue weighted by atomic mass is 32.2. The van der Waals surface area contributed by atoms with Crippen LogP contribution in [-0.2, 0) is 4.74 Å². The van der Waals surface area contributed by atoms with E-state index >= 15 is 0 Å². The van der Waals surface area contributed by atoms with E-state index in [1.807, 2.05) is 6.92 Å². The monoisotopic (exact) mass is 149 g/mol. The van der Waals surface area contributed by atoms with Gasteiger partial charge in [-0.25, -0.2) is 0 Å². The summed E-state index contributed by atoms with van der Waals surface area (Å²) in [7, 11) is 0. The molecule has 0 aliphatic heterocycles. The fraction of sp³-hybridized carbons (Fsp3) is 1.00. The van der Waals surface area contributed by atoms with Crippen molar-refractivity contribution in [2.75, 3.05) is 19.1 Å². The Hall–Kier alpha value is 0.270. The van der Waals surface area contributed by atoms with Crippen molar-refractivity contribution in [1.82, 2.24) is 0 Å². The molecule has 0 spiro atoms. The molecular formula is C6H15NOS. The molecule has 1 unspecified atom stereocenters. The summed E-state index contributed by atoms with van der Waals surface area (Å²) in [6.07, 6.45) is 0. The topological polar surface area (TPSA) is 35.2 Å². The molecule has 0 radical (unpaired) electrons. The second kappa shape index (κ2) is 6.39. The van der Waals surface area contributed by atoms with Crippen molar-refractivity contribution in [1.29, 1.82) is 0 Å². The van der Waals surface area contributed by atoms with Crippen molar-refractivity contribution >= 4 is 11.8 Å². The van der Waals surface area contributed by atoms with E-state index in [1.54, 1.807) is 11.8 Å². The smallest absolute Gasteiger partial charge is 0.0923 e. The summed E-state index contributed by atoms with van der Waals surface area (Å²) < 4.78 is 5.11. The van der Waals surface area contributed by atoms with Crippen LogP contribution in [0.3, 0.4) is 0 Å². The zero-order valence-corrected chi connectivity index (χ0v) is 6.91. The Kier molecular flexibility index (Phi) is 6.58. The van der Waals surface area contributed by atoms with Crippen molar-refractivity contribution in [2.24, 2.45) is 5.73 Å². The summed E-state index contributed by atoms with van der Waals surface area (Å²) >= 11 is 1.75. The Morgan fingerprint density at radius 3 is 2.78 bits per heavy atom. The van der Waals surface area contributed by atoms with Crippen LogP contribution in [-0.4, -0.2) is 24.3 Å². The second-order valence-corrected chi connectivity index (χ2v) is 3.20. The average molecular weight is 149 g/mol. The predicted molar refractivity (Wildman–Crippen MR) is 42.6 cm³/mol. The maximum absolute atomic E-state index is 5.38. The lowest BCUT2D eigenvalue weighted by atomic mass is 10.5. The van der Waals surface area contributed by atoms with Crippen LogP contribution in [0.5, 0.6) is 0 Å². The van der Waals surface area contributed by atoms with Crippen molar-refractivity contribution in [3.8, 4) is 0 Å². The molecule has 0 aromatic carbocycles. The van der Waals surface area contributed by atoms with Crippen LogP contribution in [0, 0.1) is 0 Å². The molecule has 0 bridgehead atoms. The summed E-state index contributed by atoms with van der Waals surface area (Å²) in [4.78, 5) is 0. The van der Waals surface area contributed by atoms with Gasteiger partial charge < -0.3 is 10.5 Å². The fourth-order valence-electron chi connectivity index (χ4n) is 0.316. The van der Waals surface area contributed by atoms with Crippen LogP contribution in [0.25, 0.3) is 0 Å². The van der Waals surface area contributed by atoms with Gasteiger partial charge in [0.15, 0.2) is 0 Å². The van der Waals surface area contributed by atoms with Gasteiger partial charge in [-0.3, -0.25) is 0 Å².